The molecule has 92 valence electrons. The van der Waals surface area contributed by atoms with Gasteiger partial charge in [-0.3, -0.25) is 4.98 Å². The molecule has 0 fully saturated rings. The van der Waals surface area contributed by atoms with Crippen molar-refractivity contribution in [1.29, 1.82) is 0 Å². The summed E-state index contributed by atoms with van der Waals surface area (Å²) in [6, 6.07) is 2.04. The van der Waals surface area contributed by atoms with Crippen molar-refractivity contribution in [2.24, 2.45) is 0 Å². The van der Waals surface area contributed by atoms with Gasteiger partial charge in [-0.05, 0) is 11.5 Å². The Bertz CT molecular complexity index is 554. The van der Waals surface area contributed by atoms with Gasteiger partial charge in [0.25, 0.3) is 0 Å². The van der Waals surface area contributed by atoms with Gasteiger partial charge in [-0.1, -0.05) is 45.1 Å². The smallest absolute Gasteiger partial charge is 0.170 e. The number of furan rings is 1. The summed E-state index contributed by atoms with van der Waals surface area (Å²) in [5.41, 5.74) is 2.67. The summed E-state index contributed by atoms with van der Waals surface area (Å²) in [4.78, 5) is 4.44. The van der Waals surface area contributed by atoms with Gasteiger partial charge in [0.15, 0.2) is 5.58 Å². The molecule has 17 heavy (non-hydrogen) atoms. The normalized spacial score (nSPS) is 12.6. The first kappa shape index (κ1) is 12.6. The van der Waals surface area contributed by atoms with Crippen molar-refractivity contribution in [1.82, 2.24) is 4.98 Å². The number of halogens is 1. The van der Waals surface area contributed by atoms with Crippen molar-refractivity contribution in [3.05, 3.63) is 22.8 Å². The maximum Gasteiger partial charge on any atom is 0.170 e. The summed E-state index contributed by atoms with van der Waals surface area (Å²) in [5.74, 6) is 0.361. The molecule has 0 amide bonds. The number of rotatable bonds is 2. The molecule has 2 nitrogen and oxygen atoms in total. The van der Waals surface area contributed by atoms with Crippen molar-refractivity contribution < 1.29 is 4.42 Å². The molecule has 0 atom stereocenters. The van der Waals surface area contributed by atoms with Gasteiger partial charge in [0.2, 0.25) is 0 Å². The molecular formula is C13H18ClNOSi. The van der Waals surface area contributed by atoms with Crippen LogP contribution in [0.1, 0.15) is 25.3 Å². The van der Waals surface area contributed by atoms with E-state index < -0.39 is 8.07 Å². The number of aromatic nitrogens is 1. The van der Waals surface area contributed by atoms with Gasteiger partial charge in [-0.25, -0.2) is 0 Å². The van der Waals surface area contributed by atoms with Crippen LogP contribution in [0.4, 0.5) is 0 Å². The Labute approximate surface area is 108 Å². The van der Waals surface area contributed by atoms with E-state index in [1.165, 1.54) is 0 Å². The lowest BCUT2D eigenvalue weighted by Crippen LogP contribution is -2.36. The van der Waals surface area contributed by atoms with Crippen molar-refractivity contribution in [2.45, 2.75) is 39.4 Å². The lowest BCUT2D eigenvalue weighted by atomic mass is 10.1. The second-order valence-corrected chi connectivity index (χ2v) is 11.1. The summed E-state index contributed by atoms with van der Waals surface area (Å²) in [7, 11) is -1.45. The van der Waals surface area contributed by atoms with E-state index in [-0.39, 0.29) is 0 Å². The molecule has 0 N–H and O–H groups in total. The van der Waals surface area contributed by atoms with E-state index in [1.807, 2.05) is 12.3 Å². The van der Waals surface area contributed by atoms with Gasteiger partial charge in [0.1, 0.15) is 13.6 Å². The lowest BCUT2D eigenvalue weighted by molar-refractivity contribution is 0.646. The minimum absolute atomic E-state index is 0.361. The first-order valence-electron chi connectivity index (χ1n) is 5.89. The molecule has 0 aliphatic carbocycles. The average molecular weight is 268 g/mol. The van der Waals surface area contributed by atoms with Crippen molar-refractivity contribution in [2.75, 3.05) is 0 Å². The third-order valence-corrected chi connectivity index (χ3v) is 4.98. The number of hydrogen-bond donors (Lipinski definition) is 0. The van der Waals surface area contributed by atoms with E-state index >= 15 is 0 Å². The first-order chi connectivity index (χ1) is 7.80. The van der Waals surface area contributed by atoms with Gasteiger partial charge in [-0.2, -0.15) is 0 Å². The maximum atomic E-state index is 6.38. The van der Waals surface area contributed by atoms with Crippen LogP contribution < -0.4 is 5.38 Å². The van der Waals surface area contributed by atoms with Crippen LogP contribution in [0.5, 0.6) is 0 Å². The van der Waals surface area contributed by atoms with Crippen LogP contribution >= 0.6 is 11.6 Å². The molecule has 0 radical (unpaired) electrons. The highest BCUT2D eigenvalue weighted by Gasteiger charge is 2.23. The van der Waals surface area contributed by atoms with Gasteiger partial charge in [0, 0.05) is 12.3 Å². The molecule has 0 saturated heterocycles. The van der Waals surface area contributed by atoms with Crippen LogP contribution in [0.25, 0.3) is 11.1 Å². The zero-order chi connectivity index (χ0) is 12.8. The number of fused-ring (bicyclic) bond motifs is 1. The zero-order valence-electron chi connectivity index (χ0n) is 11.0. The Kier molecular flexibility index (Phi) is 3.08. The predicted octanol–water partition coefficient (Wildman–Crippen LogP) is 4.15. The Morgan fingerprint density at radius 1 is 1.29 bits per heavy atom. The van der Waals surface area contributed by atoms with Gasteiger partial charge in [0.05, 0.1) is 10.4 Å². The molecule has 0 saturated carbocycles. The standard InChI is InChI=1S/C13H18ClNOSi/c1-8(2)9-7-15-10-6-11(17(3,4)5)16-13(10)12(9)14/h6-8H,1-5H3. The lowest BCUT2D eigenvalue weighted by Gasteiger charge is -2.10. The second-order valence-electron chi connectivity index (χ2n) is 5.76. The summed E-state index contributed by atoms with van der Waals surface area (Å²) < 4.78 is 5.92. The summed E-state index contributed by atoms with van der Waals surface area (Å²) in [6.45, 7) is 11.0. The SMILES string of the molecule is CC(C)c1cnc2cc([Si](C)(C)C)oc2c1Cl. The molecule has 2 heterocycles. The highest BCUT2D eigenvalue weighted by molar-refractivity contribution is 6.87. The van der Waals surface area contributed by atoms with Crippen molar-refractivity contribution in [3.63, 3.8) is 0 Å². The van der Waals surface area contributed by atoms with Crippen LogP contribution in [0.3, 0.4) is 0 Å². The molecule has 0 spiro atoms. The first-order valence-corrected chi connectivity index (χ1v) is 9.77. The quantitative estimate of drug-likeness (QED) is 0.764. The molecule has 2 aromatic heterocycles. The Hall–Kier alpha value is -0.803. The van der Waals surface area contributed by atoms with Crippen molar-refractivity contribution >= 4 is 36.2 Å². The van der Waals surface area contributed by atoms with E-state index in [4.69, 9.17) is 16.0 Å². The topological polar surface area (TPSA) is 26.0 Å². The third-order valence-electron chi connectivity index (χ3n) is 2.87. The van der Waals surface area contributed by atoms with E-state index in [1.54, 1.807) is 0 Å². The zero-order valence-corrected chi connectivity index (χ0v) is 12.7. The maximum absolute atomic E-state index is 6.38. The predicted molar refractivity (Wildman–Crippen MR) is 76.1 cm³/mol. The highest BCUT2D eigenvalue weighted by Crippen LogP contribution is 2.30. The fourth-order valence-electron chi connectivity index (χ4n) is 1.73. The third kappa shape index (κ3) is 2.26. The van der Waals surface area contributed by atoms with E-state index in [9.17, 15) is 0 Å². The average Bonchev–Trinajstić information content (AvgIpc) is 2.61. The molecule has 4 heteroatoms. The largest absolute Gasteiger partial charge is 0.463 e. The summed E-state index contributed by atoms with van der Waals surface area (Å²) in [5, 5.41) is 1.78. The second kappa shape index (κ2) is 4.14. The van der Waals surface area contributed by atoms with Crippen LogP contribution in [-0.4, -0.2) is 13.1 Å². The van der Waals surface area contributed by atoms with Gasteiger partial charge in [-0.15, -0.1) is 0 Å². The van der Waals surface area contributed by atoms with Crippen LogP contribution in [-0.2, 0) is 0 Å². The number of pyridine rings is 1. The highest BCUT2D eigenvalue weighted by atomic mass is 35.5. The molecule has 2 aromatic rings. The van der Waals surface area contributed by atoms with Crippen molar-refractivity contribution in [3.8, 4) is 0 Å². The Balaban J connectivity index is 2.66. The molecule has 0 aromatic carbocycles. The molecule has 0 aliphatic heterocycles. The Morgan fingerprint density at radius 2 is 1.94 bits per heavy atom. The summed E-state index contributed by atoms with van der Waals surface area (Å²) in [6.07, 6.45) is 1.86. The molecule has 0 aliphatic rings. The van der Waals surface area contributed by atoms with Gasteiger partial charge < -0.3 is 4.42 Å². The summed E-state index contributed by atoms with van der Waals surface area (Å²) >= 11 is 6.38. The Morgan fingerprint density at radius 3 is 2.47 bits per heavy atom. The van der Waals surface area contributed by atoms with Crippen LogP contribution in [0, 0.1) is 0 Å². The molecule has 0 bridgehead atoms. The fourth-order valence-corrected chi connectivity index (χ4v) is 3.11. The molecule has 0 unspecified atom stereocenters. The monoisotopic (exact) mass is 267 g/mol. The van der Waals surface area contributed by atoms with Gasteiger partial charge >= 0.3 is 0 Å². The van der Waals surface area contributed by atoms with E-state index in [0.717, 1.165) is 27.1 Å². The van der Waals surface area contributed by atoms with E-state index in [0.29, 0.717) is 5.92 Å². The van der Waals surface area contributed by atoms with E-state index in [2.05, 4.69) is 38.5 Å². The number of hydrogen-bond acceptors (Lipinski definition) is 2. The minimum Gasteiger partial charge on any atom is -0.463 e. The molecule has 2 rings (SSSR count). The van der Waals surface area contributed by atoms with Crippen LogP contribution in [0.2, 0.25) is 24.7 Å². The van der Waals surface area contributed by atoms with Crippen LogP contribution in [0.15, 0.2) is 16.7 Å². The minimum atomic E-state index is -1.45. The molecular weight excluding hydrogens is 250 g/mol. The fraction of sp³-hybridized carbons (Fsp3) is 0.462. The number of nitrogens with zero attached hydrogens (tertiary/aromatic N) is 1.